The van der Waals surface area contributed by atoms with Gasteiger partial charge in [0.15, 0.2) is 5.82 Å². The van der Waals surface area contributed by atoms with Gasteiger partial charge in [0.1, 0.15) is 5.54 Å². The second kappa shape index (κ2) is 4.87. The molecular weight excluding hydrogens is 234 g/mol. The first-order valence-electron chi connectivity index (χ1n) is 5.73. The fourth-order valence-electron chi connectivity index (χ4n) is 1.34. The highest BCUT2D eigenvalue weighted by Crippen LogP contribution is 2.20. The molecule has 0 amide bonds. The molecule has 7 heteroatoms. The summed E-state index contributed by atoms with van der Waals surface area (Å²) in [6.45, 7) is 6.03. The van der Waals surface area contributed by atoms with Gasteiger partial charge in [0.05, 0.1) is 24.5 Å². The van der Waals surface area contributed by atoms with Crippen LogP contribution in [-0.2, 0) is 10.3 Å². The maximum Gasteiger partial charge on any atom is 0.261 e. The number of H-pyrrole nitrogens is 1. The number of aromatic nitrogens is 4. The number of rotatable bonds is 5. The molecule has 0 aliphatic rings. The van der Waals surface area contributed by atoms with Crippen LogP contribution in [0.25, 0.3) is 11.5 Å². The van der Waals surface area contributed by atoms with Gasteiger partial charge in [-0.2, -0.15) is 10.1 Å². The van der Waals surface area contributed by atoms with Gasteiger partial charge in [0.25, 0.3) is 5.89 Å². The lowest BCUT2D eigenvalue weighted by molar-refractivity contribution is 0.0410. The van der Waals surface area contributed by atoms with E-state index in [0.717, 1.165) is 5.56 Å². The number of nitrogens with zero attached hydrogens (tertiary/aromatic N) is 3. The number of nitrogens with two attached hydrogens (primary N) is 1. The van der Waals surface area contributed by atoms with Crippen LogP contribution in [-0.4, -0.2) is 33.0 Å². The molecule has 0 bridgehead atoms. The molecule has 2 aromatic rings. The summed E-state index contributed by atoms with van der Waals surface area (Å²) in [4.78, 5) is 4.26. The van der Waals surface area contributed by atoms with Crippen molar-refractivity contribution in [1.82, 2.24) is 20.3 Å². The monoisotopic (exact) mass is 251 g/mol. The van der Waals surface area contributed by atoms with E-state index in [2.05, 4.69) is 20.3 Å². The van der Waals surface area contributed by atoms with Gasteiger partial charge in [-0.25, -0.2) is 0 Å². The fourth-order valence-corrected chi connectivity index (χ4v) is 1.34. The maximum absolute atomic E-state index is 6.12. The summed E-state index contributed by atoms with van der Waals surface area (Å²) in [5.74, 6) is 0.805. The third kappa shape index (κ3) is 2.74. The Morgan fingerprint density at radius 3 is 2.94 bits per heavy atom. The lowest BCUT2D eigenvalue weighted by Crippen LogP contribution is -2.40. The molecule has 2 aromatic heterocycles. The molecule has 0 aliphatic heterocycles. The van der Waals surface area contributed by atoms with E-state index in [1.807, 2.05) is 13.8 Å². The topological polar surface area (TPSA) is 103 Å². The summed E-state index contributed by atoms with van der Waals surface area (Å²) >= 11 is 0. The van der Waals surface area contributed by atoms with Crippen molar-refractivity contribution in [3.8, 4) is 11.5 Å². The van der Waals surface area contributed by atoms with E-state index in [-0.39, 0.29) is 6.10 Å². The van der Waals surface area contributed by atoms with Crippen LogP contribution < -0.4 is 5.73 Å². The molecule has 0 aromatic carbocycles. The Balaban J connectivity index is 2.14. The summed E-state index contributed by atoms with van der Waals surface area (Å²) in [6, 6.07) is 0. The van der Waals surface area contributed by atoms with Gasteiger partial charge >= 0.3 is 0 Å². The molecular formula is C11H17N5O2. The van der Waals surface area contributed by atoms with Crippen LogP contribution >= 0.6 is 0 Å². The van der Waals surface area contributed by atoms with Crippen LogP contribution in [0.15, 0.2) is 16.9 Å². The minimum atomic E-state index is -0.782. The van der Waals surface area contributed by atoms with Crippen LogP contribution in [0.2, 0.25) is 0 Å². The lowest BCUT2D eigenvalue weighted by atomic mass is 10.1. The second-order valence-corrected chi connectivity index (χ2v) is 4.69. The third-order valence-corrected chi connectivity index (χ3v) is 2.40. The number of nitrogens with one attached hydrogen (secondary N) is 1. The lowest BCUT2D eigenvalue weighted by Gasteiger charge is -2.21. The van der Waals surface area contributed by atoms with Crippen LogP contribution in [0.1, 0.15) is 26.6 Å². The van der Waals surface area contributed by atoms with E-state index in [4.69, 9.17) is 15.0 Å². The Labute approximate surface area is 105 Å². The van der Waals surface area contributed by atoms with E-state index < -0.39 is 5.54 Å². The van der Waals surface area contributed by atoms with Crippen LogP contribution in [0.4, 0.5) is 0 Å². The quantitative estimate of drug-likeness (QED) is 0.823. The smallest absolute Gasteiger partial charge is 0.261 e. The molecule has 2 heterocycles. The largest absolute Gasteiger partial charge is 0.376 e. The van der Waals surface area contributed by atoms with Crippen LogP contribution in [0.3, 0.4) is 0 Å². The van der Waals surface area contributed by atoms with Crippen molar-refractivity contribution in [1.29, 1.82) is 0 Å². The summed E-state index contributed by atoms with van der Waals surface area (Å²) in [7, 11) is 0. The Morgan fingerprint density at radius 1 is 1.56 bits per heavy atom. The highest BCUT2D eigenvalue weighted by molar-refractivity contribution is 5.49. The predicted molar refractivity (Wildman–Crippen MR) is 64.5 cm³/mol. The molecule has 3 N–H and O–H groups in total. The van der Waals surface area contributed by atoms with Crippen LogP contribution in [0, 0.1) is 0 Å². The van der Waals surface area contributed by atoms with Crippen molar-refractivity contribution < 1.29 is 9.26 Å². The molecule has 18 heavy (non-hydrogen) atoms. The first kappa shape index (κ1) is 12.7. The van der Waals surface area contributed by atoms with Gasteiger partial charge in [-0.1, -0.05) is 5.16 Å². The van der Waals surface area contributed by atoms with E-state index >= 15 is 0 Å². The zero-order chi connectivity index (χ0) is 13.2. The Kier molecular flexibility index (Phi) is 3.44. The normalized spacial score (nSPS) is 14.9. The average molecular weight is 251 g/mol. The Morgan fingerprint density at radius 2 is 2.33 bits per heavy atom. The molecule has 0 spiro atoms. The number of hydrogen-bond acceptors (Lipinski definition) is 6. The zero-order valence-electron chi connectivity index (χ0n) is 10.7. The van der Waals surface area contributed by atoms with Gasteiger partial charge < -0.3 is 15.0 Å². The summed E-state index contributed by atoms with van der Waals surface area (Å²) < 4.78 is 10.6. The minimum Gasteiger partial charge on any atom is -0.376 e. The molecule has 0 radical (unpaired) electrons. The SMILES string of the molecule is CC(C)OCC(C)(N)c1noc(-c2cn[nH]c2)n1. The Bertz CT molecular complexity index is 489. The molecule has 2 rings (SSSR count). The number of ether oxygens (including phenoxy) is 1. The van der Waals surface area contributed by atoms with Crippen molar-refractivity contribution in [2.75, 3.05) is 6.61 Å². The summed E-state index contributed by atoms with van der Waals surface area (Å²) in [5.41, 5.74) is 6.07. The summed E-state index contributed by atoms with van der Waals surface area (Å²) in [5, 5.41) is 10.4. The van der Waals surface area contributed by atoms with Gasteiger partial charge in [-0.3, -0.25) is 5.10 Å². The molecule has 98 valence electrons. The van der Waals surface area contributed by atoms with E-state index in [1.54, 1.807) is 19.3 Å². The highest BCUT2D eigenvalue weighted by Gasteiger charge is 2.28. The van der Waals surface area contributed by atoms with Crippen molar-refractivity contribution >= 4 is 0 Å². The zero-order valence-corrected chi connectivity index (χ0v) is 10.7. The van der Waals surface area contributed by atoms with Crippen LogP contribution in [0.5, 0.6) is 0 Å². The minimum absolute atomic E-state index is 0.105. The average Bonchev–Trinajstić information content (AvgIpc) is 2.96. The second-order valence-electron chi connectivity index (χ2n) is 4.69. The number of aromatic amines is 1. The Hall–Kier alpha value is -1.73. The van der Waals surface area contributed by atoms with Gasteiger partial charge in [0, 0.05) is 6.20 Å². The van der Waals surface area contributed by atoms with E-state index in [9.17, 15) is 0 Å². The molecule has 0 aliphatic carbocycles. The van der Waals surface area contributed by atoms with E-state index in [1.165, 1.54) is 0 Å². The number of hydrogen-bond donors (Lipinski definition) is 2. The molecule has 0 saturated heterocycles. The van der Waals surface area contributed by atoms with E-state index in [0.29, 0.717) is 18.3 Å². The molecule has 0 fully saturated rings. The van der Waals surface area contributed by atoms with Crippen molar-refractivity contribution in [3.63, 3.8) is 0 Å². The van der Waals surface area contributed by atoms with Crippen molar-refractivity contribution in [3.05, 3.63) is 18.2 Å². The molecule has 0 saturated carbocycles. The third-order valence-electron chi connectivity index (χ3n) is 2.40. The van der Waals surface area contributed by atoms with Gasteiger partial charge in [-0.05, 0) is 20.8 Å². The fraction of sp³-hybridized carbons (Fsp3) is 0.545. The van der Waals surface area contributed by atoms with Gasteiger partial charge in [-0.15, -0.1) is 0 Å². The van der Waals surface area contributed by atoms with Gasteiger partial charge in [0.2, 0.25) is 0 Å². The van der Waals surface area contributed by atoms with Crippen molar-refractivity contribution in [2.45, 2.75) is 32.4 Å². The maximum atomic E-state index is 6.12. The summed E-state index contributed by atoms with van der Waals surface area (Å²) in [6.07, 6.45) is 3.39. The standard InChI is InChI=1S/C11H17N5O2/c1-7(2)17-6-11(3,12)10-15-9(18-16-10)8-4-13-14-5-8/h4-5,7H,6,12H2,1-3H3,(H,13,14). The molecule has 1 unspecified atom stereocenters. The van der Waals surface area contributed by atoms with Crippen molar-refractivity contribution in [2.24, 2.45) is 5.73 Å². The first-order valence-corrected chi connectivity index (χ1v) is 5.73. The predicted octanol–water partition coefficient (Wildman–Crippen LogP) is 1.06. The molecule has 7 nitrogen and oxygen atoms in total. The molecule has 1 atom stereocenters. The first-order chi connectivity index (χ1) is 8.49. The highest BCUT2D eigenvalue weighted by atomic mass is 16.5.